The maximum Gasteiger partial charge on any atom is 0.419 e. The van der Waals surface area contributed by atoms with Gasteiger partial charge in [0, 0.05) is 11.1 Å². The summed E-state index contributed by atoms with van der Waals surface area (Å²) in [7, 11) is 0. The largest absolute Gasteiger partial charge is 0.493 e. The molecule has 202 valence electrons. The molecule has 0 bridgehead atoms. The lowest BCUT2D eigenvalue weighted by Gasteiger charge is -2.46. The maximum absolute atomic E-state index is 13.9. The highest BCUT2D eigenvalue weighted by atomic mass is 19.4. The molecule has 2 heterocycles. The first kappa shape index (κ1) is 28.4. The van der Waals surface area contributed by atoms with Crippen LogP contribution in [-0.2, 0) is 16.5 Å². The van der Waals surface area contributed by atoms with Crippen LogP contribution in [0.1, 0.15) is 98.4 Å². The van der Waals surface area contributed by atoms with Crippen LogP contribution in [0.4, 0.5) is 13.2 Å². The smallest absolute Gasteiger partial charge is 0.419 e. The summed E-state index contributed by atoms with van der Waals surface area (Å²) in [6, 6.07) is 3.89. The topological polar surface area (TPSA) is 60.6 Å². The molecule has 36 heavy (non-hydrogen) atoms. The van der Waals surface area contributed by atoms with Gasteiger partial charge in [-0.1, -0.05) is 39.0 Å². The molecule has 0 N–H and O–H groups in total. The lowest BCUT2D eigenvalue weighted by atomic mass is 9.92. The van der Waals surface area contributed by atoms with Gasteiger partial charge in [-0.3, -0.25) is 4.90 Å². The van der Waals surface area contributed by atoms with Gasteiger partial charge in [0.25, 0.3) is 0 Å². The Labute approximate surface area is 212 Å². The van der Waals surface area contributed by atoms with Crippen molar-refractivity contribution in [1.29, 1.82) is 0 Å². The van der Waals surface area contributed by atoms with Gasteiger partial charge in [-0.15, -0.1) is 10.2 Å². The minimum atomic E-state index is -4.58. The molecule has 1 saturated heterocycles. The standard InChI is InChI=1S/C27H40F3N3O3/c1-8-9-10-11-12-13-16-34-21-15-14-19(17-20(21)27(28,29)30)22-31-32-23(36-22)26(7)18-35-25(5,6)33(26)24(2,3)4/h14-15,17H,8-13,16,18H2,1-7H3/t26-/m1/s1. The summed E-state index contributed by atoms with van der Waals surface area (Å²) in [5.74, 6) is 0.143. The highest BCUT2D eigenvalue weighted by molar-refractivity contribution is 5.58. The molecule has 1 atom stereocenters. The summed E-state index contributed by atoms with van der Waals surface area (Å²) >= 11 is 0. The van der Waals surface area contributed by atoms with E-state index in [-0.39, 0.29) is 29.3 Å². The van der Waals surface area contributed by atoms with E-state index in [9.17, 15) is 13.2 Å². The van der Waals surface area contributed by atoms with E-state index >= 15 is 0 Å². The average Bonchev–Trinajstić information content (AvgIpc) is 3.35. The van der Waals surface area contributed by atoms with Crippen molar-refractivity contribution in [3.8, 4) is 17.2 Å². The Hall–Kier alpha value is -2.13. The Bertz CT molecular complexity index is 1010. The first-order valence-electron chi connectivity index (χ1n) is 12.8. The lowest BCUT2D eigenvalue weighted by Crippen LogP contribution is -2.58. The minimum Gasteiger partial charge on any atom is -0.493 e. The molecule has 1 fully saturated rings. The number of unbranched alkanes of at least 4 members (excludes halogenated alkanes) is 5. The van der Waals surface area contributed by atoms with Gasteiger partial charge >= 0.3 is 6.18 Å². The van der Waals surface area contributed by atoms with Crippen LogP contribution in [0.5, 0.6) is 5.75 Å². The van der Waals surface area contributed by atoms with Crippen LogP contribution in [0, 0.1) is 0 Å². The second-order valence-corrected chi connectivity index (χ2v) is 11.3. The number of alkyl halides is 3. The fraction of sp³-hybridized carbons (Fsp3) is 0.704. The first-order valence-corrected chi connectivity index (χ1v) is 12.8. The highest BCUT2D eigenvalue weighted by Gasteiger charge is 2.56. The van der Waals surface area contributed by atoms with Crippen molar-refractivity contribution < 1.29 is 27.1 Å². The molecule has 1 aliphatic heterocycles. The Balaban J connectivity index is 1.81. The molecule has 0 aliphatic carbocycles. The molecule has 0 unspecified atom stereocenters. The van der Waals surface area contributed by atoms with Gasteiger partial charge in [-0.2, -0.15) is 13.2 Å². The number of nitrogens with zero attached hydrogens (tertiary/aromatic N) is 3. The van der Waals surface area contributed by atoms with Crippen LogP contribution in [0.3, 0.4) is 0 Å². The third-order valence-electron chi connectivity index (χ3n) is 6.58. The van der Waals surface area contributed by atoms with Crippen molar-refractivity contribution in [1.82, 2.24) is 15.1 Å². The van der Waals surface area contributed by atoms with Crippen molar-refractivity contribution in [2.45, 2.75) is 110 Å². The van der Waals surface area contributed by atoms with Crippen molar-refractivity contribution in [2.24, 2.45) is 0 Å². The Morgan fingerprint density at radius 2 is 1.67 bits per heavy atom. The summed E-state index contributed by atoms with van der Waals surface area (Å²) < 4.78 is 59.2. The quantitative estimate of drug-likeness (QED) is 0.307. The number of halogens is 3. The van der Waals surface area contributed by atoms with Crippen molar-refractivity contribution in [3.05, 3.63) is 29.7 Å². The summed E-state index contributed by atoms with van der Waals surface area (Å²) in [6.45, 7) is 14.8. The zero-order valence-electron chi connectivity index (χ0n) is 22.6. The second kappa shape index (κ2) is 10.7. The van der Waals surface area contributed by atoms with Crippen molar-refractivity contribution >= 4 is 0 Å². The van der Waals surface area contributed by atoms with Crippen LogP contribution >= 0.6 is 0 Å². The van der Waals surface area contributed by atoms with E-state index in [2.05, 4.69) is 42.8 Å². The summed E-state index contributed by atoms with van der Waals surface area (Å²) in [4.78, 5) is 2.16. The van der Waals surface area contributed by atoms with Gasteiger partial charge < -0.3 is 13.9 Å². The number of aromatic nitrogens is 2. The summed E-state index contributed by atoms with van der Waals surface area (Å²) in [6.07, 6.45) is 1.62. The van der Waals surface area contributed by atoms with Crippen LogP contribution in [0.2, 0.25) is 0 Å². The van der Waals surface area contributed by atoms with Gasteiger partial charge in [0.1, 0.15) is 17.0 Å². The molecular weight excluding hydrogens is 471 g/mol. The number of hydrogen-bond acceptors (Lipinski definition) is 6. The molecule has 1 aromatic heterocycles. The Kier molecular flexibility index (Phi) is 8.45. The minimum absolute atomic E-state index is 0.0257. The van der Waals surface area contributed by atoms with E-state index in [1.165, 1.54) is 18.6 Å². The van der Waals surface area contributed by atoms with E-state index in [0.717, 1.165) is 38.2 Å². The van der Waals surface area contributed by atoms with E-state index in [1.807, 2.05) is 20.8 Å². The number of benzene rings is 1. The number of rotatable bonds is 10. The normalized spacial score (nSPS) is 20.7. The molecule has 3 rings (SSSR count). The molecule has 1 aromatic carbocycles. The molecule has 2 aromatic rings. The van der Waals surface area contributed by atoms with E-state index in [4.69, 9.17) is 13.9 Å². The fourth-order valence-electron chi connectivity index (χ4n) is 5.38. The van der Waals surface area contributed by atoms with Gasteiger partial charge in [-0.05, 0) is 66.2 Å². The zero-order chi connectivity index (χ0) is 26.8. The molecule has 0 amide bonds. The van der Waals surface area contributed by atoms with Crippen molar-refractivity contribution in [2.75, 3.05) is 13.2 Å². The van der Waals surface area contributed by atoms with Gasteiger partial charge in [0.05, 0.1) is 18.8 Å². The van der Waals surface area contributed by atoms with E-state index in [1.54, 1.807) is 0 Å². The third-order valence-corrected chi connectivity index (χ3v) is 6.58. The molecule has 0 spiro atoms. The lowest BCUT2D eigenvalue weighted by molar-refractivity contribution is -0.138. The van der Waals surface area contributed by atoms with Gasteiger partial charge in [0.15, 0.2) is 0 Å². The predicted octanol–water partition coefficient (Wildman–Crippen LogP) is 7.58. The zero-order valence-corrected chi connectivity index (χ0v) is 22.6. The van der Waals surface area contributed by atoms with Gasteiger partial charge in [0.2, 0.25) is 11.8 Å². The third kappa shape index (κ3) is 6.22. The van der Waals surface area contributed by atoms with Gasteiger partial charge in [-0.25, -0.2) is 0 Å². The molecule has 6 nitrogen and oxygen atoms in total. The molecule has 9 heteroatoms. The first-order chi connectivity index (χ1) is 16.7. The monoisotopic (exact) mass is 511 g/mol. The summed E-state index contributed by atoms with van der Waals surface area (Å²) in [5.41, 5.74) is -2.27. The van der Waals surface area contributed by atoms with Crippen LogP contribution in [-0.4, -0.2) is 39.6 Å². The maximum atomic E-state index is 13.9. The van der Waals surface area contributed by atoms with E-state index in [0.29, 0.717) is 12.5 Å². The molecule has 0 radical (unpaired) electrons. The van der Waals surface area contributed by atoms with Crippen LogP contribution in [0.25, 0.3) is 11.5 Å². The molecule has 1 aliphatic rings. The number of ether oxygens (including phenoxy) is 2. The van der Waals surface area contributed by atoms with Crippen LogP contribution in [0.15, 0.2) is 22.6 Å². The predicted molar refractivity (Wildman–Crippen MR) is 133 cm³/mol. The molecule has 0 saturated carbocycles. The highest BCUT2D eigenvalue weighted by Crippen LogP contribution is 2.46. The van der Waals surface area contributed by atoms with Crippen molar-refractivity contribution in [3.63, 3.8) is 0 Å². The molecular formula is C27H40F3N3O3. The Morgan fingerprint density at radius 1 is 1.00 bits per heavy atom. The fourth-order valence-corrected chi connectivity index (χ4v) is 5.38. The average molecular weight is 512 g/mol. The van der Waals surface area contributed by atoms with Crippen LogP contribution < -0.4 is 4.74 Å². The number of hydrogen-bond donors (Lipinski definition) is 0. The van der Waals surface area contributed by atoms with E-state index < -0.39 is 23.0 Å². The Morgan fingerprint density at radius 3 is 2.31 bits per heavy atom. The summed E-state index contributed by atoms with van der Waals surface area (Å²) in [5, 5.41) is 8.33. The second-order valence-electron chi connectivity index (χ2n) is 11.3. The SMILES string of the molecule is CCCCCCCCOc1ccc(-c2nnc([C@@]3(C)COC(C)(C)N3C(C)(C)C)o2)cc1C(F)(F)F.